The molecule has 1 aromatic heterocycles. The van der Waals surface area contributed by atoms with Crippen LogP contribution in [-0.4, -0.2) is 30.1 Å². The third-order valence-corrected chi connectivity index (χ3v) is 1.91. The van der Waals surface area contributed by atoms with Crippen molar-refractivity contribution < 1.29 is 14.4 Å². The molecule has 0 atom stereocenters. The van der Waals surface area contributed by atoms with Crippen molar-refractivity contribution in [3.05, 3.63) is 18.0 Å². The summed E-state index contributed by atoms with van der Waals surface area (Å²) in [5.74, 6) is 0. The topological polar surface area (TPSA) is 55.5 Å². The zero-order valence-electron chi connectivity index (χ0n) is 12.3. The Labute approximate surface area is 111 Å². The van der Waals surface area contributed by atoms with Gasteiger partial charge in [-0.25, -0.2) is 0 Å². The van der Waals surface area contributed by atoms with Gasteiger partial charge in [0, 0.05) is 25.9 Å². The van der Waals surface area contributed by atoms with E-state index in [0.717, 1.165) is 38.0 Å². The minimum Gasteiger partial charge on any atom is -0.396 e. The van der Waals surface area contributed by atoms with Crippen LogP contribution in [0.25, 0.3) is 0 Å². The minimum atomic E-state index is 0.207. The summed E-state index contributed by atoms with van der Waals surface area (Å²) < 4.78 is 10.0. The fraction of sp³-hybridized carbons (Fsp3) is 0.786. The Morgan fingerprint density at radius 1 is 1.11 bits per heavy atom. The summed E-state index contributed by atoms with van der Waals surface area (Å²) in [4.78, 5) is 0. The molecule has 0 amide bonds. The average Bonchev–Trinajstić information content (AvgIpc) is 2.95. The molecule has 4 heteroatoms. The molecule has 1 heterocycles. The van der Waals surface area contributed by atoms with Crippen molar-refractivity contribution in [2.45, 2.75) is 53.4 Å². The van der Waals surface area contributed by atoms with Gasteiger partial charge in [0.15, 0.2) is 0 Å². The summed E-state index contributed by atoms with van der Waals surface area (Å²) >= 11 is 0. The number of nitrogens with zero attached hydrogens (tertiary/aromatic N) is 1. The van der Waals surface area contributed by atoms with E-state index in [-0.39, 0.29) is 6.61 Å². The van der Waals surface area contributed by atoms with Crippen molar-refractivity contribution in [1.82, 2.24) is 5.16 Å². The number of aryl methyl sites for hydroxylation is 1. The van der Waals surface area contributed by atoms with Crippen LogP contribution < -0.4 is 0 Å². The van der Waals surface area contributed by atoms with Gasteiger partial charge in [0.05, 0.1) is 5.69 Å². The highest BCUT2D eigenvalue weighted by molar-refractivity contribution is 4.94. The molecular weight excluding hydrogens is 230 g/mol. The first-order valence-corrected chi connectivity index (χ1v) is 7.01. The van der Waals surface area contributed by atoms with Crippen LogP contribution in [0.1, 0.15) is 52.7 Å². The van der Waals surface area contributed by atoms with Crippen LogP contribution >= 0.6 is 0 Å². The van der Waals surface area contributed by atoms with E-state index >= 15 is 0 Å². The van der Waals surface area contributed by atoms with Gasteiger partial charge in [0.25, 0.3) is 0 Å². The lowest BCUT2D eigenvalue weighted by atomic mass is 10.2. The van der Waals surface area contributed by atoms with Crippen LogP contribution in [0.4, 0.5) is 0 Å². The summed E-state index contributed by atoms with van der Waals surface area (Å²) in [5, 5.41) is 12.3. The van der Waals surface area contributed by atoms with Gasteiger partial charge >= 0.3 is 0 Å². The summed E-state index contributed by atoms with van der Waals surface area (Å²) in [6.45, 7) is 9.62. The Morgan fingerprint density at radius 2 is 1.78 bits per heavy atom. The fourth-order valence-electron chi connectivity index (χ4n) is 1.15. The molecule has 0 aromatic carbocycles. The Morgan fingerprint density at radius 3 is 2.33 bits per heavy atom. The van der Waals surface area contributed by atoms with E-state index in [4.69, 9.17) is 14.4 Å². The molecule has 0 aliphatic carbocycles. The monoisotopic (exact) mass is 259 g/mol. The predicted molar refractivity (Wildman–Crippen MR) is 74.7 cm³/mol. The lowest BCUT2D eigenvalue weighted by molar-refractivity contribution is 0.113. The highest BCUT2D eigenvalue weighted by atomic mass is 16.5. The van der Waals surface area contributed by atoms with Gasteiger partial charge in [0.2, 0.25) is 0 Å². The molecule has 0 saturated heterocycles. The van der Waals surface area contributed by atoms with E-state index in [2.05, 4.69) is 5.16 Å². The lowest BCUT2D eigenvalue weighted by Gasteiger charge is -2.01. The third kappa shape index (κ3) is 13.2. The Hall–Kier alpha value is -0.870. The molecule has 0 aliphatic heterocycles. The van der Waals surface area contributed by atoms with Gasteiger partial charge in [-0.2, -0.15) is 0 Å². The van der Waals surface area contributed by atoms with Gasteiger partial charge in [0.1, 0.15) is 6.26 Å². The number of hydrogen-bond acceptors (Lipinski definition) is 4. The molecule has 4 nitrogen and oxygen atoms in total. The average molecular weight is 259 g/mol. The van der Waals surface area contributed by atoms with Crippen molar-refractivity contribution in [3.63, 3.8) is 0 Å². The maximum absolute atomic E-state index is 8.50. The van der Waals surface area contributed by atoms with Crippen LogP contribution in [0.2, 0.25) is 0 Å². The van der Waals surface area contributed by atoms with Crippen molar-refractivity contribution >= 4 is 0 Å². The zero-order valence-corrected chi connectivity index (χ0v) is 12.3. The minimum absolute atomic E-state index is 0.207. The highest BCUT2D eigenvalue weighted by Gasteiger charge is 1.96. The molecule has 0 saturated carbocycles. The molecule has 108 valence electrons. The lowest BCUT2D eigenvalue weighted by Crippen LogP contribution is -1.99. The molecule has 0 aliphatic rings. The van der Waals surface area contributed by atoms with Crippen LogP contribution in [0.3, 0.4) is 0 Å². The second-order valence-corrected chi connectivity index (χ2v) is 3.14. The standard InChI is InChI=1S/C10H17NO3.2C2H6/c12-6-3-8-13-7-2-1-4-10-5-9-14-11-10;2*1-2/h5,9,12H,1-4,6-8H2;2*1-2H3. The normalized spacial score (nSPS) is 8.94. The van der Waals surface area contributed by atoms with Crippen LogP contribution in [0.15, 0.2) is 16.9 Å². The quantitative estimate of drug-likeness (QED) is 0.726. The fourth-order valence-corrected chi connectivity index (χ4v) is 1.15. The van der Waals surface area contributed by atoms with Gasteiger partial charge < -0.3 is 14.4 Å². The maximum atomic E-state index is 8.50. The highest BCUT2D eigenvalue weighted by Crippen LogP contribution is 2.01. The van der Waals surface area contributed by atoms with Gasteiger partial charge in [-0.1, -0.05) is 32.9 Å². The van der Waals surface area contributed by atoms with Gasteiger partial charge in [-0.15, -0.1) is 0 Å². The second kappa shape index (κ2) is 18.5. The molecular formula is C14H29NO3. The van der Waals surface area contributed by atoms with Crippen LogP contribution in [0, 0.1) is 0 Å². The van der Waals surface area contributed by atoms with Crippen molar-refractivity contribution in [2.75, 3.05) is 19.8 Å². The SMILES string of the molecule is CC.CC.OCCCOCCCCc1ccon1. The van der Waals surface area contributed by atoms with Crippen LogP contribution in [0.5, 0.6) is 0 Å². The summed E-state index contributed by atoms with van der Waals surface area (Å²) in [6, 6.07) is 1.88. The Bertz CT molecular complexity index is 213. The first-order valence-electron chi connectivity index (χ1n) is 7.01. The molecule has 1 rings (SSSR count). The molecule has 0 radical (unpaired) electrons. The number of aliphatic hydroxyl groups excluding tert-OH is 1. The second-order valence-electron chi connectivity index (χ2n) is 3.14. The number of aromatic nitrogens is 1. The number of rotatable bonds is 8. The number of unbranched alkanes of at least 4 members (excludes halogenated alkanes) is 1. The van der Waals surface area contributed by atoms with E-state index in [1.165, 1.54) is 0 Å². The summed E-state index contributed by atoms with van der Waals surface area (Å²) in [7, 11) is 0. The van der Waals surface area contributed by atoms with Gasteiger partial charge in [-0.3, -0.25) is 0 Å². The van der Waals surface area contributed by atoms with E-state index in [9.17, 15) is 0 Å². The van der Waals surface area contributed by atoms with Crippen molar-refractivity contribution in [1.29, 1.82) is 0 Å². The summed E-state index contributed by atoms with van der Waals surface area (Å²) in [5.41, 5.74) is 1.00. The zero-order chi connectivity index (χ0) is 14.1. The number of ether oxygens (including phenoxy) is 1. The maximum Gasteiger partial charge on any atom is 0.124 e. The Kier molecular flexibility index (Phi) is 20.0. The molecule has 18 heavy (non-hydrogen) atoms. The van der Waals surface area contributed by atoms with E-state index in [1.807, 2.05) is 33.8 Å². The number of hydrogen-bond donors (Lipinski definition) is 1. The third-order valence-electron chi connectivity index (χ3n) is 1.91. The number of aliphatic hydroxyl groups is 1. The van der Waals surface area contributed by atoms with E-state index in [0.29, 0.717) is 6.61 Å². The van der Waals surface area contributed by atoms with E-state index in [1.54, 1.807) is 6.26 Å². The molecule has 0 unspecified atom stereocenters. The molecule has 0 spiro atoms. The Balaban J connectivity index is 0. The predicted octanol–water partition coefficient (Wildman–Crippen LogP) is 3.45. The van der Waals surface area contributed by atoms with Crippen molar-refractivity contribution in [3.8, 4) is 0 Å². The molecule has 0 fully saturated rings. The smallest absolute Gasteiger partial charge is 0.124 e. The van der Waals surface area contributed by atoms with Crippen molar-refractivity contribution in [2.24, 2.45) is 0 Å². The van der Waals surface area contributed by atoms with Gasteiger partial charge in [-0.05, 0) is 25.7 Å². The van der Waals surface area contributed by atoms with Crippen LogP contribution in [-0.2, 0) is 11.2 Å². The molecule has 1 N–H and O–H groups in total. The first kappa shape index (κ1) is 19.5. The first-order chi connectivity index (χ1) is 8.93. The largest absolute Gasteiger partial charge is 0.396 e. The molecule has 0 bridgehead atoms. The molecule has 1 aromatic rings. The summed E-state index contributed by atoms with van der Waals surface area (Å²) in [6.07, 6.45) is 5.35. The van der Waals surface area contributed by atoms with E-state index < -0.39 is 0 Å².